The number of ether oxygens (including phenoxy) is 1. The molecule has 82 valence electrons. The maximum absolute atomic E-state index is 10.8. The lowest BCUT2D eigenvalue weighted by molar-refractivity contribution is -0.145. The quantitative estimate of drug-likeness (QED) is 0.713. The van der Waals surface area contributed by atoms with E-state index in [9.17, 15) is 4.79 Å². The fourth-order valence-corrected chi connectivity index (χ4v) is 1.37. The van der Waals surface area contributed by atoms with Crippen molar-refractivity contribution >= 4 is 11.7 Å². The summed E-state index contributed by atoms with van der Waals surface area (Å²) in [4.78, 5) is 12.8. The van der Waals surface area contributed by atoms with Gasteiger partial charge in [-0.1, -0.05) is 12.1 Å². The van der Waals surface area contributed by atoms with Crippen LogP contribution in [-0.2, 0) is 9.53 Å². The van der Waals surface area contributed by atoms with E-state index in [0.29, 0.717) is 0 Å². The Bertz CT molecular complexity index is 347. The molecule has 0 bridgehead atoms. The largest absolute Gasteiger partial charge is 0.458 e. The minimum absolute atomic E-state index is 0.192. The summed E-state index contributed by atoms with van der Waals surface area (Å²) in [7, 11) is 3.96. The number of carbonyl (C=O) groups is 1. The van der Waals surface area contributed by atoms with Crippen molar-refractivity contribution in [3.8, 4) is 0 Å². The standard InChI is InChI=1S/C12H17NO2/c1-9(15-10(2)14)11-6-5-7-12(8-11)13(3)4/h5-9H,1-4H3. The van der Waals surface area contributed by atoms with Crippen LogP contribution in [0, 0.1) is 0 Å². The molecule has 1 aromatic rings. The molecule has 1 rings (SSSR count). The molecular formula is C12H17NO2. The SMILES string of the molecule is CC(=O)OC(C)c1cccc(N(C)C)c1. The predicted molar refractivity (Wildman–Crippen MR) is 61.0 cm³/mol. The zero-order valence-corrected chi connectivity index (χ0v) is 9.65. The van der Waals surface area contributed by atoms with Crippen LogP contribution in [0.25, 0.3) is 0 Å². The third-order valence-corrected chi connectivity index (χ3v) is 2.20. The first kappa shape index (κ1) is 11.6. The van der Waals surface area contributed by atoms with E-state index in [0.717, 1.165) is 11.3 Å². The fraction of sp³-hybridized carbons (Fsp3) is 0.417. The number of benzene rings is 1. The molecule has 1 aromatic carbocycles. The lowest BCUT2D eigenvalue weighted by atomic mass is 10.1. The van der Waals surface area contributed by atoms with Crippen molar-refractivity contribution in [1.82, 2.24) is 0 Å². The van der Waals surface area contributed by atoms with Crippen molar-refractivity contribution in [3.05, 3.63) is 29.8 Å². The lowest BCUT2D eigenvalue weighted by Gasteiger charge is -2.16. The molecule has 0 aromatic heterocycles. The Morgan fingerprint density at radius 2 is 2.07 bits per heavy atom. The Labute approximate surface area is 90.7 Å². The van der Waals surface area contributed by atoms with Gasteiger partial charge in [-0.25, -0.2) is 0 Å². The molecule has 0 heterocycles. The average Bonchev–Trinajstić information content (AvgIpc) is 2.17. The second-order valence-electron chi connectivity index (χ2n) is 3.74. The summed E-state index contributed by atoms with van der Waals surface area (Å²) in [5, 5.41) is 0. The lowest BCUT2D eigenvalue weighted by Crippen LogP contribution is -2.10. The van der Waals surface area contributed by atoms with E-state index in [-0.39, 0.29) is 12.1 Å². The van der Waals surface area contributed by atoms with Crippen LogP contribution < -0.4 is 4.90 Å². The van der Waals surface area contributed by atoms with Gasteiger partial charge in [-0.3, -0.25) is 4.79 Å². The number of hydrogen-bond donors (Lipinski definition) is 0. The second-order valence-corrected chi connectivity index (χ2v) is 3.74. The highest BCUT2D eigenvalue weighted by Crippen LogP contribution is 2.21. The van der Waals surface area contributed by atoms with E-state index < -0.39 is 0 Å². The topological polar surface area (TPSA) is 29.5 Å². The molecule has 3 heteroatoms. The molecule has 0 fully saturated rings. The third-order valence-electron chi connectivity index (χ3n) is 2.20. The molecule has 0 amide bonds. The number of anilines is 1. The van der Waals surface area contributed by atoms with Gasteiger partial charge in [0.25, 0.3) is 0 Å². The number of carbonyl (C=O) groups excluding carboxylic acids is 1. The van der Waals surface area contributed by atoms with Crippen LogP contribution in [0.5, 0.6) is 0 Å². The molecule has 15 heavy (non-hydrogen) atoms. The summed E-state index contributed by atoms with van der Waals surface area (Å²) < 4.78 is 5.11. The Morgan fingerprint density at radius 3 is 2.60 bits per heavy atom. The summed E-state index contributed by atoms with van der Waals surface area (Å²) in [5.74, 6) is -0.252. The molecule has 1 unspecified atom stereocenters. The van der Waals surface area contributed by atoms with Crippen molar-refractivity contribution in [2.75, 3.05) is 19.0 Å². The molecule has 0 spiro atoms. The van der Waals surface area contributed by atoms with Gasteiger partial charge in [-0.15, -0.1) is 0 Å². The van der Waals surface area contributed by atoms with Crippen molar-refractivity contribution in [2.45, 2.75) is 20.0 Å². The number of rotatable bonds is 3. The first-order valence-corrected chi connectivity index (χ1v) is 4.95. The van der Waals surface area contributed by atoms with Gasteiger partial charge < -0.3 is 9.64 Å². The van der Waals surface area contributed by atoms with Gasteiger partial charge in [0.05, 0.1) is 0 Å². The van der Waals surface area contributed by atoms with Gasteiger partial charge in [0.15, 0.2) is 0 Å². The Balaban J connectivity index is 2.85. The molecular weight excluding hydrogens is 190 g/mol. The molecule has 0 radical (unpaired) electrons. The van der Waals surface area contributed by atoms with Gasteiger partial charge >= 0.3 is 5.97 Å². The van der Waals surface area contributed by atoms with E-state index >= 15 is 0 Å². The second kappa shape index (κ2) is 4.82. The first-order valence-electron chi connectivity index (χ1n) is 4.95. The molecule has 3 nitrogen and oxygen atoms in total. The highest BCUT2D eigenvalue weighted by molar-refractivity contribution is 5.66. The van der Waals surface area contributed by atoms with Gasteiger partial charge in [0, 0.05) is 26.7 Å². The smallest absolute Gasteiger partial charge is 0.303 e. The van der Waals surface area contributed by atoms with Gasteiger partial charge in [0.2, 0.25) is 0 Å². The molecule has 0 saturated carbocycles. The minimum Gasteiger partial charge on any atom is -0.458 e. The maximum atomic E-state index is 10.8. The van der Waals surface area contributed by atoms with Gasteiger partial charge in [-0.05, 0) is 24.6 Å². The van der Waals surface area contributed by atoms with Gasteiger partial charge in [-0.2, -0.15) is 0 Å². The minimum atomic E-state index is -0.252. The molecule has 0 aliphatic carbocycles. The number of nitrogens with zero attached hydrogens (tertiary/aromatic N) is 1. The molecule has 0 aliphatic rings. The van der Waals surface area contributed by atoms with E-state index in [2.05, 4.69) is 0 Å². The maximum Gasteiger partial charge on any atom is 0.303 e. The van der Waals surface area contributed by atoms with Crippen LogP contribution in [0.15, 0.2) is 24.3 Å². The van der Waals surface area contributed by atoms with Crippen molar-refractivity contribution < 1.29 is 9.53 Å². The van der Waals surface area contributed by atoms with Crippen LogP contribution in [0.3, 0.4) is 0 Å². The summed E-state index contributed by atoms with van der Waals surface area (Å²) in [6.45, 7) is 3.29. The molecule has 0 N–H and O–H groups in total. The highest BCUT2D eigenvalue weighted by Gasteiger charge is 2.09. The fourth-order valence-electron chi connectivity index (χ4n) is 1.37. The van der Waals surface area contributed by atoms with Crippen LogP contribution in [0.4, 0.5) is 5.69 Å². The predicted octanol–water partition coefficient (Wildman–Crippen LogP) is 2.38. The van der Waals surface area contributed by atoms with E-state index in [4.69, 9.17) is 4.74 Å². The zero-order valence-electron chi connectivity index (χ0n) is 9.65. The van der Waals surface area contributed by atoms with Crippen molar-refractivity contribution in [1.29, 1.82) is 0 Å². The van der Waals surface area contributed by atoms with E-state index in [1.807, 2.05) is 50.2 Å². The van der Waals surface area contributed by atoms with Crippen molar-refractivity contribution in [3.63, 3.8) is 0 Å². The Kier molecular flexibility index (Phi) is 3.72. The Morgan fingerprint density at radius 1 is 1.40 bits per heavy atom. The summed E-state index contributed by atoms with van der Waals surface area (Å²) >= 11 is 0. The average molecular weight is 207 g/mol. The first-order chi connectivity index (χ1) is 7.00. The molecule has 0 saturated heterocycles. The summed E-state index contributed by atoms with van der Waals surface area (Å²) in [6, 6.07) is 7.96. The normalized spacial score (nSPS) is 12.0. The van der Waals surface area contributed by atoms with Crippen LogP contribution >= 0.6 is 0 Å². The van der Waals surface area contributed by atoms with Crippen LogP contribution in [-0.4, -0.2) is 20.1 Å². The third kappa shape index (κ3) is 3.27. The Hall–Kier alpha value is -1.51. The molecule has 0 aliphatic heterocycles. The monoisotopic (exact) mass is 207 g/mol. The summed E-state index contributed by atoms with van der Waals surface area (Å²) in [6.07, 6.45) is -0.192. The molecule has 1 atom stereocenters. The number of esters is 1. The zero-order chi connectivity index (χ0) is 11.4. The summed E-state index contributed by atoms with van der Waals surface area (Å²) in [5.41, 5.74) is 2.11. The van der Waals surface area contributed by atoms with Gasteiger partial charge in [0.1, 0.15) is 6.10 Å². The van der Waals surface area contributed by atoms with Crippen LogP contribution in [0.1, 0.15) is 25.5 Å². The van der Waals surface area contributed by atoms with E-state index in [1.54, 1.807) is 0 Å². The van der Waals surface area contributed by atoms with E-state index in [1.165, 1.54) is 6.92 Å². The van der Waals surface area contributed by atoms with Crippen molar-refractivity contribution in [2.24, 2.45) is 0 Å². The number of hydrogen-bond acceptors (Lipinski definition) is 3. The van der Waals surface area contributed by atoms with Crippen LogP contribution in [0.2, 0.25) is 0 Å². The highest BCUT2D eigenvalue weighted by atomic mass is 16.5.